The number of benzene rings is 1. The minimum absolute atomic E-state index is 0. The Kier molecular flexibility index (Phi) is 6.17. The second-order valence-electron chi connectivity index (χ2n) is 3.01. The van der Waals surface area contributed by atoms with Crippen LogP contribution in [0.4, 0.5) is 0 Å². The van der Waals surface area contributed by atoms with Gasteiger partial charge in [0.2, 0.25) is 0 Å². The molecular weight excluding hydrogens is 198 g/mol. The average Bonchev–Trinajstić information content (AvgIpc) is 2.18. The molecule has 3 heteroatoms. The molecule has 1 aromatic rings. The Balaban J connectivity index is 0.00000169. The van der Waals surface area contributed by atoms with Gasteiger partial charge in [-0.1, -0.05) is 37.3 Å². The summed E-state index contributed by atoms with van der Waals surface area (Å²) < 4.78 is 0. The first-order chi connectivity index (χ1) is 6.25. The highest BCUT2D eigenvalue weighted by Crippen LogP contribution is 2.02. The lowest BCUT2D eigenvalue weighted by Gasteiger charge is -2.10. The number of hydrogen-bond donors (Lipinski definition) is 1. The predicted octanol–water partition coefficient (Wildman–Crippen LogP) is 2.29. The van der Waals surface area contributed by atoms with E-state index >= 15 is 0 Å². The summed E-state index contributed by atoms with van der Waals surface area (Å²) in [7, 11) is 0. The highest BCUT2D eigenvalue weighted by molar-refractivity contribution is 5.99. The Morgan fingerprint density at radius 3 is 2.43 bits per heavy atom. The summed E-state index contributed by atoms with van der Waals surface area (Å²) >= 11 is 0. The number of rotatable bonds is 4. The fourth-order valence-corrected chi connectivity index (χ4v) is 1.25. The van der Waals surface area contributed by atoms with E-state index in [1.165, 1.54) is 0 Å². The molecule has 0 aliphatic carbocycles. The lowest BCUT2D eigenvalue weighted by Crippen LogP contribution is -2.33. The predicted molar refractivity (Wildman–Crippen MR) is 61.2 cm³/mol. The molecule has 0 saturated carbocycles. The summed E-state index contributed by atoms with van der Waals surface area (Å²) in [4.78, 5) is 11.7. The number of halogens is 1. The van der Waals surface area contributed by atoms with Crippen molar-refractivity contribution in [2.75, 3.05) is 6.54 Å². The number of carbonyl (C=O) groups excluding carboxylic acids is 1. The molecule has 0 saturated heterocycles. The lowest BCUT2D eigenvalue weighted by molar-refractivity contribution is 0.0952. The molecule has 78 valence electrons. The van der Waals surface area contributed by atoms with Crippen molar-refractivity contribution >= 4 is 18.2 Å². The van der Waals surface area contributed by atoms with E-state index in [2.05, 4.69) is 5.32 Å². The van der Waals surface area contributed by atoms with Crippen LogP contribution in [0.2, 0.25) is 0 Å². The maximum atomic E-state index is 11.7. The van der Waals surface area contributed by atoms with Gasteiger partial charge >= 0.3 is 0 Å². The smallest absolute Gasteiger partial charge is 0.179 e. The Labute approximate surface area is 91.1 Å². The summed E-state index contributed by atoms with van der Waals surface area (Å²) in [5.41, 5.74) is 0.774. The van der Waals surface area contributed by atoms with Crippen LogP contribution in [-0.4, -0.2) is 18.4 Å². The standard InChI is InChI=1S/C11H15NO.ClH/c1-3-12-9(2)11(13)10-7-5-4-6-8-10;/h4-9,12H,3H2,1-2H3;1H/t9-;/m0./s1. The van der Waals surface area contributed by atoms with Gasteiger partial charge in [0.1, 0.15) is 0 Å². The van der Waals surface area contributed by atoms with Crippen LogP contribution in [0.1, 0.15) is 24.2 Å². The normalized spacial score (nSPS) is 11.6. The highest BCUT2D eigenvalue weighted by Gasteiger charge is 2.12. The van der Waals surface area contributed by atoms with Gasteiger partial charge in [-0.3, -0.25) is 4.79 Å². The molecule has 0 aliphatic heterocycles. The van der Waals surface area contributed by atoms with Gasteiger partial charge in [-0.15, -0.1) is 12.4 Å². The number of hydrogen-bond acceptors (Lipinski definition) is 2. The van der Waals surface area contributed by atoms with E-state index in [-0.39, 0.29) is 24.2 Å². The van der Waals surface area contributed by atoms with Crippen molar-refractivity contribution in [2.45, 2.75) is 19.9 Å². The zero-order valence-corrected chi connectivity index (χ0v) is 9.30. The SMILES string of the molecule is CCN[C@@H](C)C(=O)c1ccccc1.Cl. The Bertz CT molecular complexity index is 274. The molecule has 1 rings (SSSR count). The van der Waals surface area contributed by atoms with Gasteiger partial charge in [0.15, 0.2) is 5.78 Å². The quantitative estimate of drug-likeness (QED) is 0.778. The van der Waals surface area contributed by atoms with Gasteiger partial charge in [-0.2, -0.15) is 0 Å². The van der Waals surface area contributed by atoms with Crippen LogP contribution in [0.5, 0.6) is 0 Å². The fourth-order valence-electron chi connectivity index (χ4n) is 1.25. The maximum absolute atomic E-state index is 11.7. The molecule has 2 nitrogen and oxygen atoms in total. The van der Waals surface area contributed by atoms with Crippen LogP contribution in [0.3, 0.4) is 0 Å². The highest BCUT2D eigenvalue weighted by atomic mass is 35.5. The van der Waals surface area contributed by atoms with Crippen molar-refractivity contribution in [2.24, 2.45) is 0 Å². The van der Waals surface area contributed by atoms with Crippen LogP contribution in [0, 0.1) is 0 Å². The largest absolute Gasteiger partial charge is 0.308 e. The number of ketones is 1. The molecule has 0 radical (unpaired) electrons. The van der Waals surface area contributed by atoms with E-state index in [1.807, 2.05) is 44.2 Å². The van der Waals surface area contributed by atoms with Crippen LogP contribution >= 0.6 is 12.4 Å². The third-order valence-corrected chi connectivity index (χ3v) is 1.96. The molecule has 14 heavy (non-hydrogen) atoms. The first-order valence-corrected chi connectivity index (χ1v) is 4.58. The van der Waals surface area contributed by atoms with Crippen LogP contribution < -0.4 is 5.32 Å². The second-order valence-corrected chi connectivity index (χ2v) is 3.01. The third kappa shape index (κ3) is 3.48. The van der Waals surface area contributed by atoms with Gasteiger partial charge in [-0.05, 0) is 13.5 Å². The summed E-state index contributed by atoms with van der Waals surface area (Å²) in [6, 6.07) is 9.27. The van der Waals surface area contributed by atoms with Crippen molar-refractivity contribution in [1.82, 2.24) is 5.32 Å². The van der Waals surface area contributed by atoms with Crippen molar-refractivity contribution in [3.63, 3.8) is 0 Å². The Morgan fingerprint density at radius 2 is 1.93 bits per heavy atom. The van der Waals surface area contributed by atoms with Gasteiger partial charge in [-0.25, -0.2) is 0 Å². The summed E-state index contributed by atoms with van der Waals surface area (Å²) in [5, 5.41) is 3.09. The fraction of sp³-hybridized carbons (Fsp3) is 0.364. The maximum Gasteiger partial charge on any atom is 0.179 e. The molecule has 0 bridgehead atoms. The number of likely N-dealkylation sites (N-methyl/N-ethyl adjacent to an activating group) is 1. The average molecular weight is 214 g/mol. The van der Waals surface area contributed by atoms with Crippen molar-refractivity contribution in [3.05, 3.63) is 35.9 Å². The lowest BCUT2D eigenvalue weighted by atomic mass is 10.1. The van der Waals surface area contributed by atoms with E-state index < -0.39 is 0 Å². The number of nitrogens with one attached hydrogen (secondary N) is 1. The molecule has 0 heterocycles. The van der Waals surface area contributed by atoms with Crippen molar-refractivity contribution in [3.8, 4) is 0 Å². The molecule has 0 fully saturated rings. The van der Waals surface area contributed by atoms with Gasteiger partial charge in [0.05, 0.1) is 6.04 Å². The molecule has 1 aromatic carbocycles. The van der Waals surface area contributed by atoms with E-state index in [9.17, 15) is 4.79 Å². The molecule has 1 atom stereocenters. The second kappa shape index (κ2) is 6.57. The zero-order valence-electron chi connectivity index (χ0n) is 8.49. The molecule has 1 N–H and O–H groups in total. The summed E-state index contributed by atoms with van der Waals surface area (Å²) in [6.45, 7) is 4.70. The van der Waals surface area contributed by atoms with Gasteiger partial charge in [0.25, 0.3) is 0 Å². The van der Waals surface area contributed by atoms with Crippen LogP contribution in [-0.2, 0) is 0 Å². The van der Waals surface area contributed by atoms with E-state index in [0.717, 1.165) is 12.1 Å². The number of carbonyl (C=O) groups is 1. The molecule has 0 spiro atoms. The summed E-state index contributed by atoms with van der Waals surface area (Å²) in [6.07, 6.45) is 0. The zero-order chi connectivity index (χ0) is 9.68. The van der Waals surface area contributed by atoms with E-state index in [0.29, 0.717) is 0 Å². The van der Waals surface area contributed by atoms with Crippen molar-refractivity contribution < 1.29 is 4.79 Å². The van der Waals surface area contributed by atoms with Gasteiger partial charge < -0.3 is 5.32 Å². The van der Waals surface area contributed by atoms with Crippen molar-refractivity contribution in [1.29, 1.82) is 0 Å². The molecular formula is C11H16ClNO. The minimum Gasteiger partial charge on any atom is -0.308 e. The van der Waals surface area contributed by atoms with Gasteiger partial charge in [0, 0.05) is 5.56 Å². The first-order valence-electron chi connectivity index (χ1n) is 4.58. The molecule has 0 aromatic heterocycles. The molecule has 0 amide bonds. The van der Waals surface area contributed by atoms with E-state index in [4.69, 9.17) is 0 Å². The van der Waals surface area contributed by atoms with E-state index in [1.54, 1.807) is 0 Å². The molecule has 0 aliphatic rings. The minimum atomic E-state index is -0.0904. The first kappa shape index (κ1) is 13.1. The molecule has 0 unspecified atom stereocenters. The Morgan fingerprint density at radius 1 is 1.36 bits per heavy atom. The number of Topliss-reactive ketones (excluding diaryl/α,β-unsaturated/α-hetero) is 1. The third-order valence-electron chi connectivity index (χ3n) is 1.96. The monoisotopic (exact) mass is 213 g/mol. The summed E-state index contributed by atoms with van der Waals surface area (Å²) in [5.74, 6) is 0.155. The van der Waals surface area contributed by atoms with Crippen LogP contribution in [0.25, 0.3) is 0 Å². The Hall–Kier alpha value is -0.860. The topological polar surface area (TPSA) is 29.1 Å². The van der Waals surface area contributed by atoms with Crippen LogP contribution in [0.15, 0.2) is 30.3 Å².